The maximum atomic E-state index is 12.2. The summed E-state index contributed by atoms with van der Waals surface area (Å²) in [6, 6.07) is 15.0. The summed E-state index contributed by atoms with van der Waals surface area (Å²) in [7, 11) is 3.23. The predicted molar refractivity (Wildman–Crippen MR) is 89.9 cm³/mol. The molecule has 0 fully saturated rings. The molecule has 1 atom stereocenters. The van der Waals surface area contributed by atoms with E-state index in [0.29, 0.717) is 5.75 Å². The Labute approximate surface area is 134 Å². The van der Waals surface area contributed by atoms with E-state index >= 15 is 0 Å². The van der Waals surface area contributed by atoms with Gasteiger partial charge in [0.1, 0.15) is 11.5 Å². The smallest absolute Gasteiger partial charge is 0.237 e. The monoisotopic (exact) mass is 317 g/mol. The third kappa shape index (κ3) is 4.43. The first-order valence-corrected chi connectivity index (χ1v) is 7.76. The van der Waals surface area contributed by atoms with Crippen LogP contribution in [0.3, 0.4) is 0 Å². The molecule has 0 unspecified atom stereocenters. The van der Waals surface area contributed by atoms with E-state index < -0.39 is 0 Å². The van der Waals surface area contributed by atoms with E-state index in [1.165, 1.54) is 11.8 Å². The Morgan fingerprint density at radius 1 is 1.05 bits per heavy atom. The lowest BCUT2D eigenvalue weighted by atomic mass is 10.3. The van der Waals surface area contributed by atoms with Crippen LogP contribution in [0.4, 0.5) is 5.69 Å². The number of methoxy groups -OCH3 is 2. The Kier molecular flexibility index (Phi) is 5.72. The molecule has 1 amide bonds. The van der Waals surface area contributed by atoms with Gasteiger partial charge in [0.2, 0.25) is 5.91 Å². The normalized spacial score (nSPS) is 11.6. The minimum Gasteiger partial charge on any atom is -0.497 e. The van der Waals surface area contributed by atoms with Crippen LogP contribution >= 0.6 is 11.8 Å². The van der Waals surface area contributed by atoms with Crippen molar-refractivity contribution in [3.63, 3.8) is 0 Å². The SMILES string of the molecule is COc1ccc(S[C@@H](C)C(=O)Nc2cccc(OC)c2)cc1. The summed E-state index contributed by atoms with van der Waals surface area (Å²) >= 11 is 1.50. The maximum absolute atomic E-state index is 12.2. The van der Waals surface area contributed by atoms with Crippen molar-refractivity contribution in [1.82, 2.24) is 0 Å². The zero-order chi connectivity index (χ0) is 15.9. The maximum Gasteiger partial charge on any atom is 0.237 e. The molecule has 0 aliphatic carbocycles. The van der Waals surface area contributed by atoms with Crippen LogP contribution in [-0.4, -0.2) is 25.4 Å². The van der Waals surface area contributed by atoms with Crippen molar-refractivity contribution in [2.24, 2.45) is 0 Å². The Morgan fingerprint density at radius 3 is 2.36 bits per heavy atom. The topological polar surface area (TPSA) is 47.6 Å². The Hall–Kier alpha value is -2.14. The predicted octanol–water partition coefficient (Wildman–Crippen LogP) is 3.82. The first-order valence-electron chi connectivity index (χ1n) is 6.88. The van der Waals surface area contributed by atoms with Crippen LogP contribution in [-0.2, 0) is 4.79 Å². The molecule has 116 valence electrons. The van der Waals surface area contributed by atoms with E-state index in [1.54, 1.807) is 20.3 Å². The van der Waals surface area contributed by atoms with Crippen molar-refractivity contribution >= 4 is 23.4 Å². The molecule has 0 saturated heterocycles. The van der Waals surface area contributed by atoms with Crippen molar-refractivity contribution in [1.29, 1.82) is 0 Å². The van der Waals surface area contributed by atoms with Gasteiger partial charge in [-0.2, -0.15) is 0 Å². The van der Waals surface area contributed by atoms with E-state index in [2.05, 4.69) is 5.32 Å². The van der Waals surface area contributed by atoms with Gasteiger partial charge in [-0.15, -0.1) is 11.8 Å². The lowest BCUT2D eigenvalue weighted by Crippen LogP contribution is -2.22. The lowest BCUT2D eigenvalue weighted by molar-refractivity contribution is -0.115. The number of ether oxygens (including phenoxy) is 2. The van der Waals surface area contributed by atoms with Crippen LogP contribution in [0.25, 0.3) is 0 Å². The summed E-state index contributed by atoms with van der Waals surface area (Å²) in [5.74, 6) is 1.47. The number of hydrogen-bond donors (Lipinski definition) is 1. The first-order chi connectivity index (χ1) is 10.6. The first kappa shape index (κ1) is 16.2. The largest absolute Gasteiger partial charge is 0.497 e. The van der Waals surface area contributed by atoms with Gasteiger partial charge in [-0.1, -0.05) is 6.07 Å². The molecule has 5 heteroatoms. The average molecular weight is 317 g/mol. The van der Waals surface area contributed by atoms with Crippen LogP contribution < -0.4 is 14.8 Å². The molecule has 0 heterocycles. The molecule has 0 aliphatic rings. The molecule has 0 saturated carbocycles. The van der Waals surface area contributed by atoms with E-state index in [4.69, 9.17) is 9.47 Å². The fourth-order valence-corrected chi connectivity index (χ4v) is 2.72. The van der Waals surface area contributed by atoms with E-state index in [-0.39, 0.29) is 11.2 Å². The number of carbonyl (C=O) groups excluding carboxylic acids is 1. The number of anilines is 1. The van der Waals surface area contributed by atoms with E-state index in [1.807, 2.05) is 49.4 Å². The highest BCUT2D eigenvalue weighted by molar-refractivity contribution is 8.00. The Balaban J connectivity index is 1.96. The summed E-state index contributed by atoms with van der Waals surface area (Å²) in [6.07, 6.45) is 0. The quantitative estimate of drug-likeness (QED) is 0.823. The molecule has 0 aliphatic heterocycles. The molecule has 4 nitrogen and oxygen atoms in total. The molecule has 2 rings (SSSR count). The highest BCUT2D eigenvalue weighted by Gasteiger charge is 2.14. The zero-order valence-corrected chi connectivity index (χ0v) is 13.6. The number of hydrogen-bond acceptors (Lipinski definition) is 4. The summed E-state index contributed by atoms with van der Waals surface area (Å²) in [6.45, 7) is 1.88. The second-order valence-electron chi connectivity index (χ2n) is 4.66. The molecule has 2 aromatic carbocycles. The number of amides is 1. The third-order valence-corrected chi connectivity index (χ3v) is 4.19. The molecule has 0 radical (unpaired) electrons. The lowest BCUT2D eigenvalue weighted by Gasteiger charge is -2.13. The van der Waals surface area contributed by atoms with Gasteiger partial charge in [0.15, 0.2) is 0 Å². The van der Waals surface area contributed by atoms with Gasteiger partial charge >= 0.3 is 0 Å². The molecular formula is C17H19NO3S. The van der Waals surface area contributed by atoms with Crippen molar-refractivity contribution in [2.75, 3.05) is 19.5 Å². The fraction of sp³-hybridized carbons (Fsp3) is 0.235. The Bertz CT molecular complexity index is 628. The second-order valence-corrected chi connectivity index (χ2v) is 6.07. The van der Waals surface area contributed by atoms with Crippen molar-refractivity contribution in [2.45, 2.75) is 17.1 Å². The van der Waals surface area contributed by atoms with Gasteiger partial charge in [-0.3, -0.25) is 4.79 Å². The van der Waals surface area contributed by atoms with Crippen molar-refractivity contribution < 1.29 is 14.3 Å². The molecule has 22 heavy (non-hydrogen) atoms. The van der Waals surface area contributed by atoms with Gasteiger partial charge < -0.3 is 14.8 Å². The van der Waals surface area contributed by atoms with Gasteiger partial charge in [-0.05, 0) is 43.3 Å². The van der Waals surface area contributed by atoms with Crippen LogP contribution in [0, 0.1) is 0 Å². The van der Waals surface area contributed by atoms with Crippen molar-refractivity contribution in [3.8, 4) is 11.5 Å². The summed E-state index contributed by atoms with van der Waals surface area (Å²) in [5.41, 5.74) is 0.728. The number of thioether (sulfide) groups is 1. The number of rotatable bonds is 6. The number of benzene rings is 2. The number of carbonyl (C=O) groups is 1. The molecule has 0 spiro atoms. The third-order valence-electron chi connectivity index (χ3n) is 3.08. The average Bonchev–Trinajstić information content (AvgIpc) is 2.55. The molecule has 1 N–H and O–H groups in total. The van der Waals surface area contributed by atoms with Gasteiger partial charge in [-0.25, -0.2) is 0 Å². The van der Waals surface area contributed by atoms with Crippen LogP contribution in [0.2, 0.25) is 0 Å². The van der Waals surface area contributed by atoms with E-state index in [9.17, 15) is 4.79 Å². The molecular weight excluding hydrogens is 298 g/mol. The standard InChI is InChI=1S/C17H19NO3S/c1-12(22-16-9-7-14(20-2)8-10-16)17(19)18-13-5-4-6-15(11-13)21-3/h4-12H,1-3H3,(H,18,19)/t12-/m0/s1. The van der Waals surface area contributed by atoms with Gasteiger partial charge in [0, 0.05) is 16.6 Å². The van der Waals surface area contributed by atoms with Crippen molar-refractivity contribution in [3.05, 3.63) is 48.5 Å². The zero-order valence-electron chi connectivity index (χ0n) is 12.8. The summed E-state index contributed by atoms with van der Waals surface area (Å²) < 4.78 is 10.3. The Morgan fingerprint density at radius 2 is 1.73 bits per heavy atom. The summed E-state index contributed by atoms with van der Waals surface area (Å²) in [4.78, 5) is 13.3. The van der Waals surface area contributed by atoms with Crippen LogP contribution in [0.15, 0.2) is 53.4 Å². The molecule has 0 aromatic heterocycles. The minimum absolute atomic E-state index is 0.0472. The van der Waals surface area contributed by atoms with Crippen LogP contribution in [0.5, 0.6) is 11.5 Å². The summed E-state index contributed by atoms with van der Waals surface area (Å²) in [5, 5.41) is 2.69. The van der Waals surface area contributed by atoms with Gasteiger partial charge in [0.05, 0.1) is 19.5 Å². The highest BCUT2D eigenvalue weighted by Crippen LogP contribution is 2.26. The molecule has 0 bridgehead atoms. The second kappa shape index (κ2) is 7.75. The molecule has 2 aromatic rings. The number of nitrogens with one attached hydrogen (secondary N) is 1. The fourth-order valence-electron chi connectivity index (χ4n) is 1.86. The van der Waals surface area contributed by atoms with E-state index in [0.717, 1.165) is 16.3 Å². The van der Waals surface area contributed by atoms with Crippen LogP contribution in [0.1, 0.15) is 6.92 Å². The highest BCUT2D eigenvalue weighted by atomic mass is 32.2. The van der Waals surface area contributed by atoms with Gasteiger partial charge in [0.25, 0.3) is 0 Å². The minimum atomic E-state index is -0.209.